The van der Waals surface area contributed by atoms with Gasteiger partial charge in [-0.3, -0.25) is 4.79 Å². The van der Waals surface area contributed by atoms with Crippen LogP contribution in [0.1, 0.15) is 16.1 Å². The predicted molar refractivity (Wildman–Crippen MR) is 103 cm³/mol. The molecule has 0 spiro atoms. The van der Waals surface area contributed by atoms with Crippen molar-refractivity contribution in [1.82, 2.24) is 19.9 Å². The molecule has 0 saturated carbocycles. The summed E-state index contributed by atoms with van der Waals surface area (Å²) >= 11 is 3.18. The average molecular weight is 384 g/mol. The number of thiazole rings is 1. The summed E-state index contributed by atoms with van der Waals surface area (Å²) in [5, 5.41) is 11.6. The first-order valence-electron chi connectivity index (χ1n) is 8.04. The van der Waals surface area contributed by atoms with Crippen LogP contribution < -0.4 is 10.1 Å². The minimum absolute atomic E-state index is 0.146. The van der Waals surface area contributed by atoms with Crippen LogP contribution >= 0.6 is 22.7 Å². The maximum atomic E-state index is 12.4. The first-order valence-corrected chi connectivity index (χ1v) is 9.80. The number of amides is 1. The highest BCUT2D eigenvalue weighted by Gasteiger charge is 2.14. The number of nitrogens with one attached hydrogen (secondary N) is 1. The summed E-state index contributed by atoms with van der Waals surface area (Å²) in [5.41, 5.74) is 1.56. The minimum Gasteiger partial charge on any atom is -0.496 e. The van der Waals surface area contributed by atoms with Gasteiger partial charge >= 0.3 is 0 Å². The number of aromatic nitrogens is 3. The predicted octanol–water partition coefficient (Wildman–Crippen LogP) is 3.50. The van der Waals surface area contributed by atoms with Crippen LogP contribution in [0.4, 0.5) is 0 Å². The lowest BCUT2D eigenvalue weighted by Gasteiger charge is -2.08. The molecule has 0 saturated heterocycles. The highest BCUT2D eigenvalue weighted by atomic mass is 32.1. The molecule has 1 aromatic carbocycles. The van der Waals surface area contributed by atoms with Crippen LogP contribution in [0.15, 0.2) is 47.2 Å². The lowest BCUT2D eigenvalue weighted by atomic mass is 10.2. The first-order chi connectivity index (χ1) is 12.8. The number of para-hydroxylation sites is 1. The molecule has 4 aromatic rings. The molecule has 0 fully saturated rings. The van der Waals surface area contributed by atoms with Gasteiger partial charge in [-0.25, -0.2) is 4.52 Å². The number of carbonyl (C=O) groups excluding carboxylic acids is 1. The van der Waals surface area contributed by atoms with Crippen molar-refractivity contribution in [2.24, 2.45) is 0 Å². The van der Waals surface area contributed by atoms with Crippen LogP contribution in [0.2, 0.25) is 0 Å². The number of nitrogens with zero attached hydrogens (tertiary/aromatic N) is 3. The number of rotatable bonds is 6. The smallest absolute Gasteiger partial charge is 0.255 e. The van der Waals surface area contributed by atoms with Gasteiger partial charge in [-0.15, -0.1) is 27.8 Å². The second kappa shape index (κ2) is 7.27. The van der Waals surface area contributed by atoms with Gasteiger partial charge in [0, 0.05) is 18.3 Å². The number of carbonyl (C=O) groups is 1. The van der Waals surface area contributed by atoms with Gasteiger partial charge in [0.2, 0.25) is 4.96 Å². The van der Waals surface area contributed by atoms with Crippen LogP contribution in [0, 0.1) is 0 Å². The van der Waals surface area contributed by atoms with Crippen molar-refractivity contribution < 1.29 is 9.53 Å². The Bertz CT molecular complexity index is 1040. The number of ether oxygens (including phenoxy) is 1. The van der Waals surface area contributed by atoms with Gasteiger partial charge < -0.3 is 10.1 Å². The molecule has 6 nitrogen and oxygen atoms in total. The van der Waals surface area contributed by atoms with Crippen molar-refractivity contribution in [1.29, 1.82) is 0 Å². The molecule has 132 valence electrons. The Hall–Kier alpha value is -2.71. The number of methoxy groups -OCH3 is 1. The molecule has 0 aliphatic heterocycles. The number of hydrogen-bond donors (Lipinski definition) is 1. The number of fused-ring (bicyclic) bond motifs is 1. The molecule has 0 aliphatic carbocycles. The van der Waals surface area contributed by atoms with E-state index in [0.717, 1.165) is 21.4 Å². The highest BCUT2D eigenvalue weighted by Crippen LogP contribution is 2.24. The van der Waals surface area contributed by atoms with Gasteiger partial charge in [0.1, 0.15) is 5.75 Å². The maximum absolute atomic E-state index is 12.4. The van der Waals surface area contributed by atoms with E-state index in [9.17, 15) is 4.79 Å². The first kappa shape index (κ1) is 16.7. The van der Waals surface area contributed by atoms with E-state index in [-0.39, 0.29) is 5.91 Å². The van der Waals surface area contributed by atoms with Crippen molar-refractivity contribution in [2.75, 3.05) is 13.7 Å². The fraction of sp³-hybridized carbons (Fsp3) is 0.167. The monoisotopic (exact) mass is 384 g/mol. The van der Waals surface area contributed by atoms with Gasteiger partial charge in [-0.1, -0.05) is 18.2 Å². The van der Waals surface area contributed by atoms with E-state index in [1.54, 1.807) is 41.9 Å². The van der Waals surface area contributed by atoms with E-state index in [0.29, 0.717) is 24.3 Å². The molecule has 3 heterocycles. The van der Waals surface area contributed by atoms with Crippen molar-refractivity contribution in [3.8, 4) is 16.5 Å². The van der Waals surface area contributed by atoms with Crippen molar-refractivity contribution in [2.45, 2.75) is 6.42 Å². The lowest BCUT2D eigenvalue weighted by molar-refractivity contribution is 0.0951. The molecule has 26 heavy (non-hydrogen) atoms. The fourth-order valence-electron chi connectivity index (χ4n) is 2.64. The molecular formula is C18H16N4O2S2. The minimum atomic E-state index is -0.146. The molecule has 4 rings (SSSR count). The van der Waals surface area contributed by atoms with Gasteiger partial charge in [-0.2, -0.15) is 4.98 Å². The quantitative estimate of drug-likeness (QED) is 0.552. The zero-order valence-electron chi connectivity index (χ0n) is 14.0. The van der Waals surface area contributed by atoms with Crippen LogP contribution in [0.25, 0.3) is 15.7 Å². The Kier molecular flexibility index (Phi) is 4.68. The molecule has 8 heteroatoms. The number of hydrogen-bond acceptors (Lipinski definition) is 6. The molecule has 1 amide bonds. The summed E-state index contributed by atoms with van der Waals surface area (Å²) in [6, 6.07) is 11.2. The Morgan fingerprint density at radius 1 is 1.23 bits per heavy atom. The Labute approximate surface area is 158 Å². The van der Waals surface area contributed by atoms with E-state index in [1.807, 2.05) is 39.5 Å². The SMILES string of the molecule is COc1ccccc1C(=O)NCCc1csc2nc(-c3cccs3)nn12. The van der Waals surface area contributed by atoms with Gasteiger partial charge in [0.05, 0.1) is 23.2 Å². The van der Waals surface area contributed by atoms with Crippen LogP contribution in [-0.2, 0) is 6.42 Å². The second-order valence-electron chi connectivity index (χ2n) is 5.54. The Morgan fingerprint density at radius 2 is 2.12 bits per heavy atom. The zero-order chi connectivity index (χ0) is 17.9. The van der Waals surface area contributed by atoms with Gasteiger partial charge in [-0.05, 0) is 23.6 Å². The summed E-state index contributed by atoms with van der Waals surface area (Å²) in [4.78, 5) is 18.8. The summed E-state index contributed by atoms with van der Waals surface area (Å²) in [6.45, 7) is 0.511. The van der Waals surface area contributed by atoms with Crippen LogP contribution in [0.5, 0.6) is 5.75 Å². The van der Waals surface area contributed by atoms with Crippen molar-refractivity contribution in [3.05, 3.63) is 58.4 Å². The third kappa shape index (κ3) is 3.21. The largest absolute Gasteiger partial charge is 0.496 e. The van der Waals surface area contributed by atoms with Gasteiger partial charge in [0.15, 0.2) is 5.82 Å². The Morgan fingerprint density at radius 3 is 2.92 bits per heavy atom. The molecule has 0 bridgehead atoms. The van der Waals surface area contributed by atoms with Gasteiger partial charge in [0.25, 0.3) is 5.91 Å². The lowest BCUT2D eigenvalue weighted by Crippen LogP contribution is -2.26. The maximum Gasteiger partial charge on any atom is 0.255 e. The van der Waals surface area contributed by atoms with Crippen LogP contribution in [0.3, 0.4) is 0 Å². The highest BCUT2D eigenvalue weighted by molar-refractivity contribution is 7.15. The summed E-state index contributed by atoms with van der Waals surface area (Å²) in [5.74, 6) is 1.16. The molecule has 0 atom stereocenters. The molecule has 0 unspecified atom stereocenters. The molecule has 0 radical (unpaired) electrons. The molecule has 3 aromatic heterocycles. The number of thiophene rings is 1. The fourth-order valence-corrected chi connectivity index (χ4v) is 4.15. The van der Waals surface area contributed by atoms with Crippen LogP contribution in [-0.4, -0.2) is 34.2 Å². The summed E-state index contributed by atoms with van der Waals surface area (Å²) in [6.07, 6.45) is 0.675. The van der Waals surface area contributed by atoms with E-state index in [4.69, 9.17) is 4.74 Å². The molecule has 1 N–H and O–H groups in total. The summed E-state index contributed by atoms with van der Waals surface area (Å²) in [7, 11) is 1.56. The second-order valence-corrected chi connectivity index (χ2v) is 7.32. The molecule has 0 aliphatic rings. The van der Waals surface area contributed by atoms with E-state index >= 15 is 0 Å². The third-order valence-corrected chi connectivity index (χ3v) is 5.64. The topological polar surface area (TPSA) is 68.5 Å². The standard InChI is InChI=1S/C18H16N4O2S2/c1-24-14-6-3-2-5-13(14)17(23)19-9-8-12-11-26-18-20-16(21-22(12)18)15-7-4-10-25-15/h2-7,10-11H,8-9H2,1H3,(H,19,23). The number of benzene rings is 1. The van der Waals surface area contributed by atoms with E-state index < -0.39 is 0 Å². The van der Waals surface area contributed by atoms with Crippen molar-refractivity contribution >= 4 is 33.5 Å². The van der Waals surface area contributed by atoms with E-state index in [1.165, 1.54) is 0 Å². The zero-order valence-corrected chi connectivity index (χ0v) is 15.6. The van der Waals surface area contributed by atoms with Crippen molar-refractivity contribution in [3.63, 3.8) is 0 Å². The Balaban J connectivity index is 1.44. The van der Waals surface area contributed by atoms with E-state index in [2.05, 4.69) is 15.4 Å². The third-order valence-electron chi connectivity index (χ3n) is 3.91. The average Bonchev–Trinajstić information content (AvgIpc) is 3.39. The molecular weight excluding hydrogens is 368 g/mol. The normalized spacial score (nSPS) is 11.0. The summed E-state index contributed by atoms with van der Waals surface area (Å²) < 4.78 is 7.09.